The van der Waals surface area contributed by atoms with Crippen LogP contribution >= 0.6 is 0 Å². The molecule has 0 fully saturated rings. The second-order valence-electron chi connectivity index (χ2n) is 7.59. The van der Waals surface area contributed by atoms with Crippen LogP contribution in [0.1, 0.15) is 33.9 Å². The van der Waals surface area contributed by atoms with Gasteiger partial charge in [0.1, 0.15) is 5.75 Å². The van der Waals surface area contributed by atoms with E-state index in [1.807, 2.05) is 36.1 Å². The summed E-state index contributed by atoms with van der Waals surface area (Å²) in [4.78, 5) is 15.3. The van der Waals surface area contributed by atoms with E-state index in [9.17, 15) is 4.79 Å². The standard InChI is InChI=1S/C25H26N2O2/c1-17-8-11-20(12-9-17)24-21-7-5-4-6-19(21)14-15-27(24)25(28)26-22-16-18(2)10-13-23(22)29-3/h4-13,16,24H,14-15H2,1-3H3,(H,26,28). The first-order chi connectivity index (χ1) is 14.1. The van der Waals surface area contributed by atoms with Gasteiger partial charge in [0.05, 0.1) is 18.8 Å². The molecule has 3 aromatic rings. The molecule has 1 unspecified atom stereocenters. The number of carbonyl (C=O) groups is 1. The number of methoxy groups -OCH3 is 1. The third kappa shape index (κ3) is 3.83. The quantitative estimate of drug-likeness (QED) is 0.646. The van der Waals surface area contributed by atoms with Crippen LogP contribution in [0.15, 0.2) is 66.7 Å². The van der Waals surface area contributed by atoms with E-state index in [4.69, 9.17) is 4.74 Å². The minimum atomic E-state index is -0.117. The maximum absolute atomic E-state index is 13.4. The zero-order valence-electron chi connectivity index (χ0n) is 17.1. The van der Waals surface area contributed by atoms with Crippen molar-refractivity contribution in [3.05, 3.63) is 94.5 Å². The van der Waals surface area contributed by atoms with E-state index in [0.29, 0.717) is 18.0 Å². The van der Waals surface area contributed by atoms with E-state index < -0.39 is 0 Å². The van der Waals surface area contributed by atoms with Gasteiger partial charge in [0, 0.05) is 6.54 Å². The number of hydrogen-bond acceptors (Lipinski definition) is 2. The summed E-state index contributed by atoms with van der Waals surface area (Å²) in [5.74, 6) is 0.660. The number of fused-ring (bicyclic) bond motifs is 1. The summed E-state index contributed by atoms with van der Waals surface area (Å²) in [6.07, 6.45) is 0.844. The summed E-state index contributed by atoms with van der Waals surface area (Å²) < 4.78 is 5.44. The van der Waals surface area contributed by atoms with E-state index in [1.54, 1.807) is 7.11 Å². The molecule has 4 heteroatoms. The number of nitrogens with zero attached hydrogens (tertiary/aromatic N) is 1. The SMILES string of the molecule is COc1ccc(C)cc1NC(=O)N1CCc2ccccc2C1c1ccc(C)cc1. The molecule has 0 saturated heterocycles. The number of ether oxygens (including phenoxy) is 1. The van der Waals surface area contributed by atoms with Gasteiger partial charge in [0.2, 0.25) is 0 Å². The average molecular weight is 386 g/mol. The van der Waals surface area contributed by atoms with Crippen molar-refractivity contribution in [3.63, 3.8) is 0 Å². The van der Waals surface area contributed by atoms with Gasteiger partial charge in [-0.15, -0.1) is 0 Å². The van der Waals surface area contributed by atoms with Gasteiger partial charge in [-0.3, -0.25) is 0 Å². The number of carbonyl (C=O) groups excluding carboxylic acids is 1. The van der Waals surface area contributed by atoms with Crippen LogP contribution in [0, 0.1) is 13.8 Å². The lowest BCUT2D eigenvalue weighted by molar-refractivity contribution is 0.194. The monoisotopic (exact) mass is 386 g/mol. The molecule has 0 aromatic heterocycles. The molecule has 1 N–H and O–H groups in total. The molecule has 1 aliphatic rings. The van der Waals surface area contributed by atoms with E-state index in [2.05, 4.69) is 54.7 Å². The summed E-state index contributed by atoms with van der Waals surface area (Å²) in [7, 11) is 1.62. The maximum Gasteiger partial charge on any atom is 0.322 e. The Labute approximate surface area is 172 Å². The lowest BCUT2D eigenvalue weighted by atomic mass is 9.88. The Bertz CT molecular complexity index is 1030. The number of hydrogen-bond donors (Lipinski definition) is 1. The fraction of sp³-hybridized carbons (Fsp3) is 0.240. The number of aryl methyl sites for hydroxylation is 2. The van der Waals surface area contributed by atoms with Crippen molar-refractivity contribution in [2.75, 3.05) is 19.0 Å². The van der Waals surface area contributed by atoms with Crippen LogP contribution in [0.2, 0.25) is 0 Å². The molecule has 29 heavy (non-hydrogen) atoms. The molecule has 2 amide bonds. The molecule has 4 nitrogen and oxygen atoms in total. The highest BCUT2D eigenvalue weighted by Gasteiger charge is 2.32. The van der Waals surface area contributed by atoms with E-state index in [1.165, 1.54) is 16.7 Å². The lowest BCUT2D eigenvalue weighted by Gasteiger charge is -2.37. The second kappa shape index (κ2) is 8.00. The van der Waals surface area contributed by atoms with Crippen LogP contribution < -0.4 is 10.1 Å². The summed E-state index contributed by atoms with van der Waals surface area (Å²) in [6.45, 7) is 4.74. The van der Waals surface area contributed by atoms with Crippen LogP contribution in [0.3, 0.4) is 0 Å². The topological polar surface area (TPSA) is 41.6 Å². The van der Waals surface area contributed by atoms with E-state index >= 15 is 0 Å². The summed E-state index contributed by atoms with van der Waals surface area (Å²) in [6, 6.07) is 22.4. The predicted octanol–water partition coefficient (Wildman–Crippen LogP) is 5.49. The number of rotatable bonds is 3. The molecule has 148 valence electrons. The zero-order valence-corrected chi connectivity index (χ0v) is 17.1. The summed E-state index contributed by atoms with van der Waals surface area (Å²) >= 11 is 0. The summed E-state index contributed by atoms with van der Waals surface area (Å²) in [5, 5.41) is 3.08. The van der Waals surface area contributed by atoms with E-state index in [-0.39, 0.29) is 12.1 Å². The van der Waals surface area contributed by atoms with Crippen LogP contribution in [-0.2, 0) is 6.42 Å². The Morgan fingerprint density at radius 2 is 1.72 bits per heavy atom. The zero-order chi connectivity index (χ0) is 20.4. The van der Waals surface area contributed by atoms with Crippen LogP contribution in [0.4, 0.5) is 10.5 Å². The van der Waals surface area contributed by atoms with Gasteiger partial charge in [-0.1, -0.05) is 60.2 Å². The Balaban J connectivity index is 1.71. The van der Waals surface area contributed by atoms with Gasteiger partial charge in [0.15, 0.2) is 0 Å². The average Bonchev–Trinajstić information content (AvgIpc) is 2.74. The second-order valence-corrected chi connectivity index (χ2v) is 7.59. The molecule has 3 aromatic carbocycles. The number of urea groups is 1. The van der Waals surface area contributed by atoms with Crippen LogP contribution in [-0.4, -0.2) is 24.6 Å². The van der Waals surface area contributed by atoms with Crippen molar-refractivity contribution in [1.82, 2.24) is 4.90 Å². The molecule has 1 atom stereocenters. The minimum Gasteiger partial charge on any atom is -0.495 e. The Kier molecular flexibility index (Phi) is 5.26. The number of amides is 2. The van der Waals surface area contributed by atoms with Crippen molar-refractivity contribution in [3.8, 4) is 5.75 Å². The molecule has 0 saturated carbocycles. The van der Waals surface area contributed by atoms with Gasteiger partial charge in [-0.05, 0) is 54.7 Å². The first-order valence-electron chi connectivity index (χ1n) is 9.93. The molecule has 0 radical (unpaired) electrons. The Morgan fingerprint density at radius 3 is 2.48 bits per heavy atom. The molecule has 0 bridgehead atoms. The number of benzene rings is 3. The van der Waals surface area contributed by atoms with Crippen molar-refractivity contribution in [2.45, 2.75) is 26.3 Å². The number of nitrogens with one attached hydrogen (secondary N) is 1. The summed E-state index contributed by atoms with van der Waals surface area (Å²) in [5.41, 5.74) is 6.58. The lowest BCUT2D eigenvalue weighted by Crippen LogP contribution is -2.43. The van der Waals surface area contributed by atoms with Crippen molar-refractivity contribution < 1.29 is 9.53 Å². The molecular formula is C25H26N2O2. The highest BCUT2D eigenvalue weighted by Crippen LogP contribution is 2.36. The molecule has 1 heterocycles. The molecule has 0 aliphatic carbocycles. The van der Waals surface area contributed by atoms with Gasteiger partial charge >= 0.3 is 6.03 Å². The maximum atomic E-state index is 13.4. The molecule has 1 aliphatic heterocycles. The fourth-order valence-corrected chi connectivity index (χ4v) is 4.00. The molecule has 0 spiro atoms. The first-order valence-corrected chi connectivity index (χ1v) is 9.93. The smallest absolute Gasteiger partial charge is 0.322 e. The highest BCUT2D eigenvalue weighted by atomic mass is 16.5. The number of anilines is 1. The highest BCUT2D eigenvalue weighted by molar-refractivity contribution is 5.92. The Hall–Kier alpha value is -3.27. The third-order valence-electron chi connectivity index (χ3n) is 5.53. The van der Waals surface area contributed by atoms with Gasteiger partial charge in [-0.25, -0.2) is 4.79 Å². The van der Waals surface area contributed by atoms with Crippen molar-refractivity contribution in [1.29, 1.82) is 0 Å². The van der Waals surface area contributed by atoms with E-state index in [0.717, 1.165) is 17.5 Å². The van der Waals surface area contributed by atoms with Crippen molar-refractivity contribution in [2.24, 2.45) is 0 Å². The normalized spacial score (nSPS) is 15.6. The first kappa shape index (κ1) is 19.1. The minimum absolute atomic E-state index is 0.114. The van der Waals surface area contributed by atoms with Crippen LogP contribution in [0.25, 0.3) is 0 Å². The van der Waals surface area contributed by atoms with Crippen molar-refractivity contribution >= 4 is 11.7 Å². The largest absolute Gasteiger partial charge is 0.495 e. The van der Waals surface area contributed by atoms with Crippen LogP contribution in [0.5, 0.6) is 5.75 Å². The van der Waals surface area contributed by atoms with Gasteiger partial charge in [0.25, 0.3) is 0 Å². The molecular weight excluding hydrogens is 360 g/mol. The van der Waals surface area contributed by atoms with Gasteiger partial charge in [-0.2, -0.15) is 0 Å². The Morgan fingerprint density at radius 1 is 1.00 bits per heavy atom. The predicted molar refractivity (Wildman–Crippen MR) is 117 cm³/mol. The fourth-order valence-electron chi connectivity index (χ4n) is 4.00. The van der Waals surface area contributed by atoms with Gasteiger partial charge < -0.3 is 15.0 Å². The third-order valence-corrected chi connectivity index (χ3v) is 5.53. The molecule has 4 rings (SSSR count).